The third kappa shape index (κ3) is 3.47. The number of aliphatic hydroxyl groups is 1. The van der Waals surface area contributed by atoms with Gasteiger partial charge in [0.15, 0.2) is 0 Å². The van der Waals surface area contributed by atoms with Crippen LogP contribution >= 0.6 is 0 Å². The molecule has 3 aromatic rings. The van der Waals surface area contributed by atoms with Gasteiger partial charge >= 0.3 is 0 Å². The molecule has 0 bridgehead atoms. The average Bonchev–Trinajstić information content (AvgIpc) is 3.03. The van der Waals surface area contributed by atoms with Gasteiger partial charge in [0.2, 0.25) is 0 Å². The summed E-state index contributed by atoms with van der Waals surface area (Å²) in [6.07, 6.45) is 2.38. The minimum Gasteiger partial charge on any atom is -0.487 e. The van der Waals surface area contributed by atoms with Crippen LogP contribution in [0.2, 0.25) is 0 Å². The van der Waals surface area contributed by atoms with E-state index in [4.69, 9.17) is 9.84 Å². The number of fused-ring (bicyclic) bond motifs is 2. The van der Waals surface area contributed by atoms with Crippen molar-refractivity contribution in [2.24, 2.45) is 0 Å². The maximum atomic E-state index is 13.0. The molecule has 0 radical (unpaired) electrons. The van der Waals surface area contributed by atoms with E-state index in [0.717, 1.165) is 27.9 Å². The number of aliphatic hydroxyl groups excluding tert-OH is 1. The number of benzene rings is 2. The lowest BCUT2D eigenvalue weighted by Gasteiger charge is -2.38. The number of hydrogen-bond donors (Lipinski definition) is 2. The van der Waals surface area contributed by atoms with E-state index < -0.39 is 0 Å². The summed E-state index contributed by atoms with van der Waals surface area (Å²) in [6.45, 7) is 6.64. The Morgan fingerprint density at radius 2 is 2.14 bits per heavy atom. The number of hydrogen-bond acceptors (Lipinski definition) is 4. The van der Waals surface area contributed by atoms with Crippen LogP contribution in [0.3, 0.4) is 0 Å². The largest absolute Gasteiger partial charge is 0.487 e. The van der Waals surface area contributed by atoms with Gasteiger partial charge in [0, 0.05) is 24.1 Å². The monoisotopic (exact) mass is 379 g/mol. The molecule has 1 aliphatic rings. The molecule has 146 valence electrons. The molecule has 1 aliphatic heterocycles. The Kier molecular flexibility index (Phi) is 4.59. The van der Waals surface area contributed by atoms with E-state index in [-0.39, 0.29) is 24.2 Å². The smallest absolute Gasteiger partial charge is 0.251 e. The third-order valence-electron chi connectivity index (χ3n) is 5.16. The second-order valence-electron chi connectivity index (χ2n) is 8.00. The van der Waals surface area contributed by atoms with Crippen molar-refractivity contribution < 1.29 is 14.6 Å². The molecule has 0 aliphatic carbocycles. The number of aryl methyl sites for hydroxylation is 1. The number of nitrogens with one attached hydrogen (secondary N) is 1. The zero-order chi connectivity index (χ0) is 19.9. The Morgan fingerprint density at radius 3 is 2.93 bits per heavy atom. The van der Waals surface area contributed by atoms with Crippen molar-refractivity contribution in [2.75, 3.05) is 6.61 Å². The lowest BCUT2D eigenvalue weighted by atomic mass is 9.89. The van der Waals surface area contributed by atoms with Crippen LogP contribution in [0.15, 0.2) is 42.7 Å². The van der Waals surface area contributed by atoms with Crippen molar-refractivity contribution in [3.8, 4) is 5.75 Å². The summed E-state index contributed by atoms with van der Waals surface area (Å²) >= 11 is 0. The number of rotatable bonds is 4. The van der Waals surface area contributed by atoms with Gasteiger partial charge in [-0.1, -0.05) is 12.1 Å². The molecule has 6 nitrogen and oxygen atoms in total. The lowest BCUT2D eigenvalue weighted by molar-refractivity contribution is 0.0619. The van der Waals surface area contributed by atoms with Crippen molar-refractivity contribution in [1.29, 1.82) is 0 Å². The number of ether oxygens (including phenoxy) is 1. The molecular weight excluding hydrogens is 354 g/mol. The summed E-state index contributed by atoms with van der Waals surface area (Å²) in [5.41, 5.74) is 3.99. The number of imidazole rings is 1. The molecule has 0 fully saturated rings. The predicted molar refractivity (Wildman–Crippen MR) is 108 cm³/mol. The zero-order valence-electron chi connectivity index (χ0n) is 16.4. The van der Waals surface area contributed by atoms with Gasteiger partial charge in [-0.15, -0.1) is 0 Å². The van der Waals surface area contributed by atoms with E-state index in [1.54, 1.807) is 18.5 Å². The molecule has 1 atom stereocenters. The molecule has 0 saturated heterocycles. The molecule has 0 saturated carbocycles. The fourth-order valence-electron chi connectivity index (χ4n) is 3.82. The molecule has 1 amide bonds. The van der Waals surface area contributed by atoms with Crippen LogP contribution in [-0.2, 0) is 6.54 Å². The van der Waals surface area contributed by atoms with Gasteiger partial charge < -0.3 is 19.7 Å². The molecule has 28 heavy (non-hydrogen) atoms. The fourth-order valence-corrected chi connectivity index (χ4v) is 3.82. The van der Waals surface area contributed by atoms with E-state index in [2.05, 4.69) is 10.3 Å². The minimum atomic E-state index is -0.355. The fraction of sp³-hybridized carbons (Fsp3) is 0.364. The van der Waals surface area contributed by atoms with E-state index in [1.165, 1.54) is 0 Å². The molecule has 1 unspecified atom stereocenters. The number of aromatic nitrogens is 2. The first-order valence-corrected chi connectivity index (χ1v) is 9.52. The van der Waals surface area contributed by atoms with Crippen LogP contribution < -0.4 is 10.1 Å². The summed E-state index contributed by atoms with van der Waals surface area (Å²) in [4.78, 5) is 17.3. The lowest BCUT2D eigenvalue weighted by Crippen LogP contribution is -2.41. The first-order chi connectivity index (χ1) is 13.4. The maximum absolute atomic E-state index is 13.0. The summed E-state index contributed by atoms with van der Waals surface area (Å²) in [5, 5.41) is 12.3. The first-order valence-electron chi connectivity index (χ1n) is 9.52. The van der Waals surface area contributed by atoms with E-state index in [1.807, 2.05) is 49.6 Å². The molecular formula is C22H25N3O3. The van der Waals surface area contributed by atoms with E-state index >= 15 is 0 Å². The Hall–Kier alpha value is -2.86. The SMILES string of the molecule is Cc1ccc2c(c1)OC(C)(C)CC2NC(=O)c1ccc2c(c1)ncn2CCO. The first kappa shape index (κ1) is 18.5. The van der Waals surface area contributed by atoms with Gasteiger partial charge in [-0.3, -0.25) is 4.79 Å². The molecule has 6 heteroatoms. The summed E-state index contributed by atoms with van der Waals surface area (Å²) < 4.78 is 7.99. The van der Waals surface area contributed by atoms with Crippen molar-refractivity contribution in [1.82, 2.24) is 14.9 Å². The Labute approximate surface area is 164 Å². The Bertz CT molecular complexity index is 1040. The van der Waals surface area contributed by atoms with Gasteiger partial charge in [-0.2, -0.15) is 0 Å². The van der Waals surface area contributed by atoms with Crippen LogP contribution in [0.1, 0.15) is 47.8 Å². The molecule has 2 heterocycles. The van der Waals surface area contributed by atoms with Gasteiger partial charge in [0.1, 0.15) is 11.4 Å². The molecule has 2 aromatic carbocycles. The van der Waals surface area contributed by atoms with Crippen LogP contribution in [0.4, 0.5) is 0 Å². The highest BCUT2D eigenvalue weighted by Crippen LogP contribution is 2.40. The van der Waals surface area contributed by atoms with Gasteiger partial charge in [0.05, 0.1) is 30.0 Å². The second kappa shape index (κ2) is 6.95. The van der Waals surface area contributed by atoms with Crippen LogP contribution in [-0.4, -0.2) is 32.8 Å². The molecule has 2 N–H and O–H groups in total. The van der Waals surface area contributed by atoms with Gasteiger partial charge in [0.25, 0.3) is 5.91 Å². The quantitative estimate of drug-likeness (QED) is 0.729. The Morgan fingerprint density at radius 1 is 1.32 bits per heavy atom. The number of nitrogens with zero attached hydrogens (tertiary/aromatic N) is 2. The van der Waals surface area contributed by atoms with Gasteiger partial charge in [-0.25, -0.2) is 4.98 Å². The highest BCUT2D eigenvalue weighted by Gasteiger charge is 2.34. The van der Waals surface area contributed by atoms with E-state index in [0.29, 0.717) is 18.5 Å². The van der Waals surface area contributed by atoms with Crippen LogP contribution in [0, 0.1) is 6.92 Å². The summed E-state index contributed by atoms with van der Waals surface area (Å²) in [6, 6.07) is 11.4. The highest BCUT2D eigenvalue weighted by atomic mass is 16.5. The molecule has 1 aromatic heterocycles. The second-order valence-corrected chi connectivity index (χ2v) is 8.00. The standard InChI is InChI=1S/C22H25N3O3/c1-14-4-6-16-18(12-22(2,3)28-20(16)10-14)24-21(27)15-5-7-19-17(11-15)23-13-25(19)8-9-26/h4-7,10-11,13,18,26H,8-9,12H2,1-3H3,(H,24,27). The molecule has 0 spiro atoms. The van der Waals surface area contributed by atoms with E-state index in [9.17, 15) is 4.79 Å². The Balaban J connectivity index is 1.60. The number of carbonyl (C=O) groups excluding carboxylic acids is 1. The minimum absolute atomic E-state index is 0.0477. The summed E-state index contributed by atoms with van der Waals surface area (Å²) in [5.74, 6) is 0.701. The van der Waals surface area contributed by atoms with Crippen LogP contribution in [0.25, 0.3) is 11.0 Å². The number of amides is 1. The third-order valence-corrected chi connectivity index (χ3v) is 5.16. The zero-order valence-corrected chi connectivity index (χ0v) is 16.4. The normalized spacial score (nSPS) is 17.8. The van der Waals surface area contributed by atoms with Crippen molar-refractivity contribution >= 4 is 16.9 Å². The van der Waals surface area contributed by atoms with Crippen molar-refractivity contribution in [2.45, 2.75) is 45.4 Å². The number of carbonyl (C=O) groups is 1. The maximum Gasteiger partial charge on any atom is 0.251 e. The van der Waals surface area contributed by atoms with Gasteiger partial charge in [-0.05, 0) is 50.6 Å². The van der Waals surface area contributed by atoms with Crippen molar-refractivity contribution in [3.05, 3.63) is 59.4 Å². The van der Waals surface area contributed by atoms with Crippen LogP contribution in [0.5, 0.6) is 5.75 Å². The molecule has 4 rings (SSSR count). The predicted octanol–water partition coefficient (Wildman–Crippen LogP) is 3.37. The average molecular weight is 379 g/mol. The highest BCUT2D eigenvalue weighted by molar-refractivity contribution is 5.97. The topological polar surface area (TPSA) is 76.4 Å². The summed E-state index contributed by atoms with van der Waals surface area (Å²) in [7, 11) is 0. The van der Waals surface area contributed by atoms with Crippen molar-refractivity contribution in [3.63, 3.8) is 0 Å².